The van der Waals surface area contributed by atoms with Gasteiger partial charge in [0, 0.05) is 0 Å². The SMILES string of the molecule is CC1=CC(C)[C-]=C1.CC1=CCC(C)(C)c2cc3[cH-]c4cc5c(cc4c3cc21)C(C)=CCC5(C)C.[Cl-].[Cl-].[Zr+2]=[C](Cc1ccccc1)Cc1ccccc1. The standard InChI is InChI=1S/C27H29.C15H14.C7H9.2ClH.Zr/c1-16-7-9-26(3,4)24-12-18-11-19-13-25-21(17(2)8-10-27(25,5)6)15-23(19)22(18)14-20(16)24;1-3-8-14(9-4-1)12-7-13-15-10-5-2-6-11-15;1-6-3-4-7(2)5-6;;;/h7-8,11-15H,9-10H2,1-6H3;1-6,8-11H,12-13H2;3,5,7H,1-2H3;2*1H;/q-1;;-1;;;+2/p-2. The molecular weight excluding hydrogens is 751 g/mol. The van der Waals surface area contributed by atoms with Crippen LogP contribution in [0.25, 0.3) is 32.7 Å². The van der Waals surface area contributed by atoms with Crippen LogP contribution in [0.5, 0.6) is 0 Å². The van der Waals surface area contributed by atoms with Gasteiger partial charge in [-0.3, -0.25) is 6.08 Å². The van der Waals surface area contributed by atoms with Crippen LogP contribution in [0.2, 0.25) is 0 Å². The van der Waals surface area contributed by atoms with Crippen LogP contribution in [0.1, 0.15) is 102 Å². The molecule has 0 fully saturated rings. The van der Waals surface area contributed by atoms with E-state index in [0.29, 0.717) is 5.92 Å². The van der Waals surface area contributed by atoms with Crippen molar-refractivity contribution in [1.29, 1.82) is 0 Å². The van der Waals surface area contributed by atoms with E-state index < -0.39 is 0 Å². The molecule has 1 unspecified atom stereocenters. The molecule has 0 nitrogen and oxygen atoms in total. The van der Waals surface area contributed by atoms with E-state index in [-0.39, 0.29) is 35.6 Å². The van der Waals surface area contributed by atoms with Gasteiger partial charge in [-0.05, 0) is 59.8 Å². The van der Waals surface area contributed by atoms with Gasteiger partial charge in [-0.15, -0.1) is 46.7 Å². The summed E-state index contributed by atoms with van der Waals surface area (Å²) in [5, 5.41) is 5.61. The molecule has 0 saturated heterocycles. The van der Waals surface area contributed by atoms with E-state index in [2.05, 4.69) is 171 Å². The zero-order chi connectivity index (χ0) is 35.6. The molecule has 0 amide bonds. The van der Waals surface area contributed by atoms with Gasteiger partial charge in [-0.25, -0.2) is 11.6 Å². The van der Waals surface area contributed by atoms with Crippen molar-refractivity contribution in [3.63, 3.8) is 0 Å². The van der Waals surface area contributed by atoms with Crippen molar-refractivity contribution >= 4 is 35.9 Å². The Morgan fingerprint density at radius 3 is 1.46 bits per heavy atom. The molecular formula is C49H52Cl2Zr-2. The Bertz CT molecular complexity index is 2020. The van der Waals surface area contributed by atoms with Gasteiger partial charge >= 0.3 is 112 Å². The molecule has 5 aromatic carbocycles. The molecule has 0 heterocycles. The third-order valence-corrected chi connectivity index (χ3v) is 11.6. The van der Waals surface area contributed by atoms with Crippen molar-refractivity contribution in [2.75, 3.05) is 0 Å². The van der Waals surface area contributed by atoms with Gasteiger partial charge < -0.3 is 24.8 Å². The Morgan fingerprint density at radius 1 is 0.692 bits per heavy atom. The monoisotopic (exact) mass is 800 g/mol. The Labute approximate surface area is 340 Å². The summed E-state index contributed by atoms with van der Waals surface area (Å²) in [5.74, 6) is 0.556. The molecule has 0 aliphatic heterocycles. The first-order valence-electron chi connectivity index (χ1n) is 18.3. The zero-order valence-corrected chi connectivity index (χ0v) is 36.1. The van der Waals surface area contributed by atoms with E-state index in [1.54, 1.807) is 27.4 Å². The number of hydrogen-bond acceptors (Lipinski definition) is 0. The molecule has 5 aromatic rings. The van der Waals surface area contributed by atoms with Crippen LogP contribution in [0.3, 0.4) is 0 Å². The van der Waals surface area contributed by atoms with E-state index in [4.69, 9.17) is 0 Å². The average molecular weight is 803 g/mol. The summed E-state index contributed by atoms with van der Waals surface area (Å²) in [5.41, 5.74) is 13.4. The Kier molecular flexibility index (Phi) is 14.0. The second-order valence-electron chi connectivity index (χ2n) is 16.0. The number of fused-ring (bicyclic) bond motifs is 5. The van der Waals surface area contributed by atoms with E-state index in [1.807, 2.05) is 6.08 Å². The Hall–Kier alpha value is -2.96. The van der Waals surface area contributed by atoms with E-state index >= 15 is 0 Å². The third kappa shape index (κ3) is 9.58. The molecule has 1 atom stereocenters. The van der Waals surface area contributed by atoms with Crippen LogP contribution in [-0.2, 0) is 47.9 Å². The van der Waals surface area contributed by atoms with Gasteiger partial charge in [0.1, 0.15) is 0 Å². The van der Waals surface area contributed by atoms with Gasteiger partial charge in [0.05, 0.1) is 0 Å². The van der Waals surface area contributed by atoms with Crippen LogP contribution >= 0.6 is 0 Å². The topological polar surface area (TPSA) is 0 Å². The summed E-state index contributed by atoms with van der Waals surface area (Å²) in [6, 6.07) is 33.7. The fraction of sp³-hybridized carbons (Fsp3) is 0.306. The number of rotatable bonds is 4. The summed E-state index contributed by atoms with van der Waals surface area (Å²) >= 11 is 1.55. The van der Waals surface area contributed by atoms with Gasteiger partial charge in [0.25, 0.3) is 0 Å². The van der Waals surface area contributed by atoms with E-state index in [9.17, 15) is 0 Å². The second kappa shape index (κ2) is 17.5. The van der Waals surface area contributed by atoms with Gasteiger partial charge in [0.15, 0.2) is 0 Å². The van der Waals surface area contributed by atoms with Crippen LogP contribution in [0, 0.1) is 12.0 Å². The molecule has 0 bridgehead atoms. The molecule has 8 rings (SSSR count). The quantitative estimate of drug-likeness (QED) is 0.172. The van der Waals surface area contributed by atoms with E-state index in [1.165, 1.54) is 71.6 Å². The normalized spacial score (nSPS) is 17.4. The van der Waals surface area contributed by atoms with Crippen LogP contribution in [0.4, 0.5) is 0 Å². The number of halogens is 2. The predicted octanol–water partition coefficient (Wildman–Crippen LogP) is 7.02. The number of benzene rings is 4. The van der Waals surface area contributed by atoms with Crippen LogP contribution in [-0.4, -0.2) is 3.21 Å². The molecule has 3 heteroatoms. The van der Waals surface area contributed by atoms with Crippen molar-refractivity contribution in [3.8, 4) is 0 Å². The van der Waals surface area contributed by atoms with Gasteiger partial charge in [-0.2, -0.15) is 6.08 Å². The molecule has 0 N–H and O–H groups in total. The van der Waals surface area contributed by atoms with E-state index in [0.717, 1.165) is 25.7 Å². The molecule has 3 aliphatic carbocycles. The van der Waals surface area contributed by atoms with Crippen molar-refractivity contribution in [1.82, 2.24) is 0 Å². The Balaban J connectivity index is 0.000000205. The Morgan fingerprint density at radius 2 is 1.12 bits per heavy atom. The molecule has 0 aromatic heterocycles. The molecule has 3 aliphatic rings. The molecule has 268 valence electrons. The minimum atomic E-state index is 0. The fourth-order valence-electron chi connectivity index (χ4n) is 7.63. The maximum absolute atomic E-state index is 3.15. The summed E-state index contributed by atoms with van der Waals surface area (Å²) < 4.78 is 1.60. The summed E-state index contributed by atoms with van der Waals surface area (Å²) in [7, 11) is 0. The predicted molar refractivity (Wildman–Crippen MR) is 216 cm³/mol. The molecule has 0 spiro atoms. The fourth-order valence-corrected chi connectivity index (χ4v) is 8.64. The maximum atomic E-state index is 3.15. The molecule has 0 radical (unpaired) electrons. The average Bonchev–Trinajstić information content (AvgIpc) is 3.65. The second-order valence-corrected chi connectivity index (χ2v) is 17.7. The zero-order valence-electron chi connectivity index (χ0n) is 32.1. The van der Waals surface area contributed by atoms with Gasteiger partial charge in [0.2, 0.25) is 0 Å². The summed E-state index contributed by atoms with van der Waals surface area (Å²) in [6.45, 7) is 18.3. The first-order valence-corrected chi connectivity index (χ1v) is 19.5. The van der Waals surface area contributed by atoms with Crippen LogP contribution < -0.4 is 24.8 Å². The van der Waals surface area contributed by atoms with Crippen molar-refractivity contribution in [2.45, 2.75) is 91.9 Å². The van der Waals surface area contributed by atoms with Crippen molar-refractivity contribution < 1.29 is 49.0 Å². The van der Waals surface area contributed by atoms with Crippen molar-refractivity contribution in [2.24, 2.45) is 5.92 Å². The molecule has 0 saturated carbocycles. The minimum absolute atomic E-state index is 0. The van der Waals surface area contributed by atoms with Crippen LogP contribution in [0.15, 0.2) is 121 Å². The summed E-state index contributed by atoms with van der Waals surface area (Å²) in [4.78, 5) is 0. The first-order chi connectivity index (χ1) is 23.8. The first kappa shape index (κ1) is 41.8. The van der Waals surface area contributed by atoms with Crippen molar-refractivity contribution in [3.05, 3.63) is 160 Å². The third-order valence-electron chi connectivity index (χ3n) is 10.7. The number of hydrogen-bond donors (Lipinski definition) is 0. The summed E-state index contributed by atoms with van der Waals surface area (Å²) in [6.07, 6.45) is 16.7. The number of allylic oxidation sites excluding steroid dienone is 8. The molecule has 52 heavy (non-hydrogen) atoms. The van der Waals surface area contributed by atoms with Gasteiger partial charge in [-0.1, -0.05) is 75.9 Å².